The van der Waals surface area contributed by atoms with Gasteiger partial charge in [-0.1, -0.05) is 5.57 Å². The summed E-state index contributed by atoms with van der Waals surface area (Å²) >= 11 is 0. The summed E-state index contributed by atoms with van der Waals surface area (Å²) < 4.78 is 0. The van der Waals surface area contributed by atoms with Crippen LogP contribution in [0.1, 0.15) is 38.5 Å². The highest BCUT2D eigenvalue weighted by Crippen LogP contribution is 2.47. The van der Waals surface area contributed by atoms with E-state index in [4.69, 9.17) is 5.11 Å². The molecule has 4 nitrogen and oxygen atoms in total. The topological polar surface area (TPSA) is 57.6 Å². The molecule has 0 aromatic carbocycles. The van der Waals surface area contributed by atoms with Gasteiger partial charge in [0.2, 0.25) is 5.91 Å². The number of fused-ring (bicyclic) bond motifs is 2. The fourth-order valence-corrected chi connectivity index (χ4v) is 3.55. The summed E-state index contributed by atoms with van der Waals surface area (Å²) in [6.07, 6.45) is 4.77. The summed E-state index contributed by atoms with van der Waals surface area (Å²) in [7, 11) is 0. The molecule has 1 saturated heterocycles. The van der Waals surface area contributed by atoms with Gasteiger partial charge in [-0.3, -0.25) is 4.79 Å². The van der Waals surface area contributed by atoms with Crippen LogP contribution in [0.5, 0.6) is 0 Å². The van der Waals surface area contributed by atoms with Crippen molar-refractivity contribution in [3.8, 4) is 0 Å². The minimum absolute atomic E-state index is 0.111. The SMILES string of the molecule is O=C(O)N1C(=O)C[C@H]2CC3=C(CCCC3)[C@H]21. The predicted octanol–water partition coefficient (Wildman–Crippen LogP) is 2.16. The lowest BCUT2D eigenvalue weighted by Crippen LogP contribution is -2.39. The Hall–Kier alpha value is -1.32. The van der Waals surface area contributed by atoms with Crippen molar-refractivity contribution in [1.29, 1.82) is 0 Å². The van der Waals surface area contributed by atoms with Crippen LogP contribution in [0.3, 0.4) is 0 Å². The van der Waals surface area contributed by atoms with Crippen LogP contribution in [0.15, 0.2) is 11.1 Å². The van der Waals surface area contributed by atoms with E-state index < -0.39 is 6.09 Å². The average Bonchev–Trinajstić information content (AvgIpc) is 2.71. The summed E-state index contributed by atoms with van der Waals surface area (Å²) in [6, 6.07) is -0.111. The highest BCUT2D eigenvalue weighted by Gasteiger charge is 2.49. The molecule has 0 aromatic rings. The first kappa shape index (κ1) is 9.87. The van der Waals surface area contributed by atoms with Crippen molar-refractivity contribution in [1.82, 2.24) is 4.90 Å². The van der Waals surface area contributed by atoms with E-state index in [-0.39, 0.29) is 17.9 Å². The van der Waals surface area contributed by atoms with Crippen LogP contribution in [0, 0.1) is 5.92 Å². The summed E-state index contributed by atoms with van der Waals surface area (Å²) in [5.74, 6) is 0.0336. The second-order valence-electron chi connectivity index (χ2n) is 5.00. The van der Waals surface area contributed by atoms with E-state index in [2.05, 4.69) is 0 Å². The number of imide groups is 1. The molecule has 0 aromatic heterocycles. The number of hydrogen-bond donors (Lipinski definition) is 1. The molecule has 1 fully saturated rings. The van der Waals surface area contributed by atoms with Crippen LogP contribution in [0.4, 0.5) is 4.79 Å². The zero-order chi connectivity index (χ0) is 11.3. The van der Waals surface area contributed by atoms with Gasteiger partial charge in [-0.05, 0) is 43.6 Å². The molecule has 86 valence electrons. The van der Waals surface area contributed by atoms with Crippen molar-refractivity contribution >= 4 is 12.0 Å². The molecule has 0 unspecified atom stereocenters. The van der Waals surface area contributed by atoms with Crippen molar-refractivity contribution in [3.63, 3.8) is 0 Å². The number of rotatable bonds is 0. The quantitative estimate of drug-likeness (QED) is 0.638. The Kier molecular flexibility index (Phi) is 2.06. The summed E-state index contributed by atoms with van der Waals surface area (Å²) in [6.45, 7) is 0. The van der Waals surface area contributed by atoms with E-state index in [1.807, 2.05) is 0 Å². The van der Waals surface area contributed by atoms with Crippen LogP contribution in [0.2, 0.25) is 0 Å². The van der Waals surface area contributed by atoms with Crippen molar-refractivity contribution < 1.29 is 14.7 Å². The summed E-state index contributed by atoms with van der Waals surface area (Å²) in [5.41, 5.74) is 2.71. The molecule has 3 aliphatic rings. The number of carboxylic acid groups (broad SMARTS) is 1. The van der Waals surface area contributed by atoms with E-state index in [0.29, 0.717) is 6.42 Å². The van der Waals surface area contributed by atoms with Crippen LogP contribution < -0.4 is 0 Å². The molecule has 1 heterocycles. The van der Waals surface area contributed by atoms with Gasteiger partial charge in [0.15, 0.2) is 0 Å². The Morgan fingerprint density at radius 3 is 2.75 bits per heavy atom. The van der Waals surface area contributed by atoms with Crippen molar-refractivity contribution in [3.05, 3.63) is 11.1 Å². The van der Waals surface area contributed by atoms with Gasteiger partial charge in [0.1, 0.15) is 0 Å². The minimum Gasteiger partial charge on any atom is -0.465 e. The number of carbonyl (C=O) groups excluding carboxylic acids is 1. The van der Waals surface area contributed by atoms with Gasteiger partial charge in [0, 0.05) is 6.42 Å². The summed E-state index contributed by atoms with van der Waals surface area (Å²) in [5, 5.41) is 9.10. The highest BCUT2D eigenvalue weighted by molar-refractivity contribution is 5.94. The minimum atomic E-state index is -1.07. The molecule has 4 heteroatoms. The predicted molar refractivity (Wildman–Crippen MR) is 56.9 cm³/mol. The van der Waals surface area contributed by atoms with Crippen LogP contribution in [-0.4, -0.2) is 28.0 Å². The number of nitrogens with zero attached hydrogens (tertiary/aromatic N) is 1. The van der Waals surface area contributed by atoms with Gasteiger partial charge in [0.25, 0.3) is 0 Å². The molecule has 2 amide bonds. The first-order valence-electron chi connectivity index (χ1n) is 5.94. The van der Waals surface area contributed by atoms with E-state index in [0.717, 1.165) is 30.6 Å². The van der Waals surface area contributed by atoms with Crippen molar-refractivity contribution in [2.75, 3.05) is 0 Å². The zero-order valence-corrected chi connectivity index (χ0v) is 9.11. The molecule has 1 N–H and O–H groups in total. The molecule has 2 aliphatic carbocycles. The molecule has 0 spiro atoms. The van der Waals surface area contributed by atoms with Crippen molar-refractivity contribution in [2.45, 2.75) is 44.6 Å². The standard InChI is InChI=1S/C12H15NO3/c14-10-6-8-5-7-3-1-2-4-9(7)11(8)13(10)12(15)16/h8,11H,1-6H2,(H,15,16)/t8-,11+/m1/s1. The van der Waals surface area contributed by atoms with Crippen molar-refractivity contribution in [2.24, 2.45) is 5.92 Å². The third kappa shape index (κ3) is 1.22. The van der Waals surface area contributed by atoms with E-state index in [9.17, 15) is 9.59 Å². The largest absolute Gasteiger partial charge is 0.465 e. The molecular formula is C12H15NO3. The fraction of sp³-hybridized carbons (Fsp3) is 0.667. The van der Waals surface area contributed by atoms with Gasteiger partial charge in [0.05, 0.1) is 6.04 Å². The monoisotopic (exact) mass is 221 g/mol. The van der Waals surface area contributed by atoms with Gasteiger partial charge in [-0.15, -0.1) is 0 Å². The molecular weight excluding hydrogens is 206 g/mol. The molecule has 0 radical (unpaired) electrons. The Bertz CT molecular complexity index is 399. The third-order valence-electron chi connectivity index (χ3n) is 4.13. The van der Waals surface area contributed by atoms with E-state index >= 15 is 0 Å². The summed E-state index contributed by atoms with van der Waals surface area (Å²) in [4.78, 5) is 23.8. The lowest BCUT2D eigenvalue weighted by atomic mass is 9.92. The average molecular weight is 221 g/mol. The maximum Gasteiger partial charge on any atom is 0.414 e. The Labute approximate surface area is 93.9 Å². The van der Waals surface area contributed by atoms with E-state index in [1.54, 1.807) is 0 Å². The first-order chi connectivity index (χ1) is 7.68. The first-order valence-corrected chi connectivity index (χ1v) is 5.94. The number of carbonyl (C=O) groups is 2. The maximum absolute atomic E-state index is 11.6. The smallest absolute Gasteiger partial charge is 0.414 e. The third-order valence-corrected chi connectivity index (χ3v) is 4.13. The van der Waals surface area contributed by atoms with Crippen LogP contribution >= 0.6 is 0 Å². The molecule has 2 atom stereocenters. The molecule has 16 heavy (non-hydrogen) atoms. The number of hydrogen-bond acceptors (Lipinski definition) is 2. The maximum atomic E-state index is 11.6. The number of allylic oxidation sites excluding steroid dienone is 1. The molecule has 0 bridgehead atoms. The molecule has 3 rings (SSSR count). The van der Waals surface area contributed by atoms with Crippen LogP contribution in [-0.2, 0) is 4.79 Å². The van der Waals surface area contributed by atoms with E-state index in [1.165, 1.54) is 17.6 Å². The lowest BCUT2D eigenvalue weighted by Gasteiger charge is -2.24. The zero-order valence-electron chi connectivity index (χ0n) is 9.11. The Morgan fingerprint density at radius 1 is 1.25 bits per heavy atom. The van der Waals surface area contributed by atoms with Crippen LogP contribution in [0.25, 0.3) is 0 Å². The number of amides is 2. The highest BCUT2D eigenvalue weighted by atomic mass is 16.4. The van der Waals surface area contributed by atoms with Gasteiger partial charge < -0.3 is 5.11 Å². The second kappa shape index (κ2) is 3.34. The lowest BCUT2D eigenvalue weighted by molar-refractivity contribution is -0.126. The van der Waals surface area contributed by atoms with Gasteiger partial charge in [-0.25, -0.2) is 9.69 Å². The fourth-order valence-electron chi connectivity index (χ4n) is 3.55. The molecule has 0 saturated carbocycles. The van der Waals surface area contributed by atoms with Gasteiger partial charge >= 0.3 is 6.09 Å². The Balaban J connectivity index is 1.97. The van der Waals surface area contributed by atoms with Gasteiger partial charge in [-0.2, -0.15) is 0 Å². The number of likely N-dealkylation sites (tertiary alicyclic amines) is 1. The molecule has 1 aliphatic heterocycles. The second-order valence-corrected chi connectivity index (χ2v) is 5.00. The normalized spacial score (nSPS) is 33.0. The Morgan fingerprint density at radius 2 is 2.00 bits per heavy atom.